The van der Waals surface area contributed by atoms with Gasteiger partial charge in [-0.1, -0.05) is 36.3 Å². The van der Waals surface area contributed by atoms with E-state index in [1.165, 1.54) is 12.5 Å². The Bertz CT molecular complexity index is 902. The SMILES string of the molecule is O=[C]c1ccc(C#CC(=O)c2c[nH]cn2)cc1-c1ccccc1. The van der Waals surface area contributed by atoms with Gasteiger partial charge in [0.05, 0.1) is 6.33 Å². The van der Waals surface area contributed by atoms with Crippen LogP contribution >= 0.6 is 0 Å². The van der Waals surface area contributed by atoms with Crippen molar-refractivity contribution in [3.05, 3.63) is 77.9 Å². The highest BCUT2D eigenvalue weighted by molar-refractivity contribution is 6.07. The van der Waals surface area contributed by atoms with Crippen molar-refractivity contribution in [2.45, 2.75) is 0 Å². The van der Waals surface area contributed by atoms with Crippen molar-refractivity contribution in [1.82, 2.24) is 9.97 Å². The smallest absolute Gasteiger partial charge is 0.256 e. The van der Waals surface area contributed by atoms with Gasteiger partial charge in [0.25, 0.3) is 5.78 Å². The molecule has 4 heteroatoms. The Morgan fingerprint density at radius 3 is 2.61 bits per heavy atom. The largest absolute Gasteiger partial charge is 0.350 e. The summed E-state index contributed by atoms with van der Waals surface area (Å²) in [7, 11) is 0. The Morgan fingerprint density at radius 2 is 1.91 bits per heavy atom. The summed E-state index contributed by atoms with van der Waals surface area (Å²) in [5.41, 5.74) is 3.01. The van der Waals surface area contributed by atoms with E-state index in [0.29, 0.717) is 11.1 Å². The number of aromatic amines is 1. The summed E-state index contributed by atoms with van der Waals surface area (Å²) in [6.45, 7) is 0. The molecule has 3 aromatic rings. The van der Waals surface area contributed by atoms with Crippen LogP contribution in [0.15, 0.2) is 61.1 Å². The van der Waals surface area contributed by atoms with Crippen molar-refractivity contribution in [2.24, 2.45) is 0 Å². The van der Waals surface area contributed by atoms with Crippen molar-refractivity contribution >= 4 is 12.1 Å². The molecule has 3 rings (SSSR count). The molecule has 23 heavy (non-hydrogen) atoms. The molecule has 0 amide bonds. The van der Waals surface area contributed by atoms with E-state index in [0.717, 1.165) is 11.1 Å². The van der Waals surface area contributed by atoms with Crippen molar-refractivity contribution < 1.29 is 9.59 Å². The predicted molar refractivity (Wildman–Crippen MR) is 86.5 cm³/mol. The molecule has 0 fully saturated rings. The van der Waals surface area contributed by atoms with Crippen LogP contribution in [-0.2, 0) is 4.79 Å². The van der Waals surface area contributed by atoms with Crippen LogP contribution in [-0.4, -0.2) is 22.0 Å². The van der Waals surface area contributed by atoms with Crippen molar-refractivity contribution in [2.75, 3.05) is 0 Å². The normalized spacial score (nSPS) is 9.74. The maximum absolute atomic E-state index is 11.8. The molecule has 109 valence electrons. The molecule has 1 radical (unpaired) electrons. The third-order valence-corrected chi connectivity index (χ3v) is 3.27. The lowest BCUT2D eigenvalue weighted by Crippen LogP contribution is -1.95. The van der Waals surface area contributed by atoms with Gasteiger partial charge in [-0.15, -0.1) is 0 Å². The molecule has 0 atom stereocenters. The number of hydrogen-bond donors (Lipinski definition) is 1. The van der Waals surface area contributed by atoms with Crippen LogP contribution in [0.4, 0.5) is 0 Å². The van der Waals surface area contributed by atoms with E-state index in [9.17, 15) is 9.59 Å². The van der Waals surface area contributed by atoms with Gasteiger partial charge in [-0.25, -0.2) is 4.98 Å². The number of nitrogens with zero attached hydrogens (tertiary/aromatic N) is 1. The lowest BCUT2D eigenvalue weighted by atomic mass is 9.98. The highest BCUT2D eigenvalue weighted by Gasteiger charge is 2.06. The average molecular weight is 299 g/mol. The summed E-state index contributed by atoms with van der Waals surface area (Å²) in [5, 5.41) is 0. The highest BCUT2D eigenvalue weighted by Crippen LogP contribution is 2.23. The quantitative estimate of drug-likeness (QED) is 0.597. The minimum atomic E-state index is -0.362. The summed E-state index contributed by atoms with van der Waals surface area (Å²) in [6, 6.07) is 14.6. The van der Waals surface area contributed by atoms with E-state index in [-0.39, 0.29) is 11.5 Å². The number of carbonyl (C=O) groups is 1. The Labute approximate surface area is 133 Å². The molecule has 0 saturated heterocycles. The van der Waals surface area contributed by atoms with Crippen LogP contribution in [0.25, 0.3) is 11.1 Å². The number of benzene rings is 2. The number of imidazole rings is 1. The molecular formula is C19H11N2O2. The number of rotatable bonds is 3. The molecule has 1 aromatic heterocycles. The number of hydrogen-bond acceptors (Lipinski definition) is 3. The number of carbonyl (C=O) groups excluding carboxylic acids is 2. The first kappa shape index (κ1) is 14.5. The molecule has 2 aromatic carbocycles. The van der Waals surface area contributed by atoms with Gasteiger partial charge in [0, 0.05) is 17.3 Å². The van der Waals surface area contributed by atoms with Gasteiger partial charge in [0.15, 0.2) is 0 Å². The molecule has 1 heterocycles. The van der Waals surface area contributed by atoms with Crippen LogP contribution in [0.5, 0.6) is 0 Å². The van der Waals surface area contributed by atoms with Crippen molar-refractivity contribution in [3.8, 4) is 23.0 Å². The molecule has 0 spiro atoms. The van der Waals surface area contributed by atoms with Crippen LogP contribution in [0.1, 0.15) is 21.6 Å². The van der Waals surface area contributed by atoms with Gasteiger partial charge < -0.3 is 4.98 Å². The fourth-order valence-corrected chi connectivity index (χ4v) is 2.14. The van der Waals surface area contributed by atoms with E-state index < -0.39 is 0 Å². The highest BCUT2D eigenvalue weighted by atomic mass is 16.1. The number of nitrogens with one attached hydrogen (secondary N) is 1. The van der Waals surface area contributed by atoms with Crippen LogP contribution in [0.2, 0.25) is 0 Å². The molecule has 0 saturated carbocycles. The molecule has 0 unspecified atom stereocenters. The fraction of sp³-hybridized carbons (Fsp3) is 0. The monoisotopic (exact) mass is 299 g/mol. The number of Topliss-reactive ketones (excluding diaryl/α,β-unsaturated/α-hetero) is 1. The number of aromatic nitrogens is 2. The maximum atomic E-state index is 11.8. The maximum Gasteiger partial charge on any atom is 0.256 e. The molecule has 1 N–H and O–H groups in total. The number of H-pyrrole nitrogens is 1. The van der Waals surface area contributed by atoms with Crippen molar-refractivity contribution in [3.63, 3.8) is 0 Å². The second kappa shape index (κ2) is 6.54. The average Bonchev–Trinajstić information content (AvgIpc) is 3.15. The minimum absolute atomic E-state index is 0.277. The van der Waals surface area contributed by atoms with E-state index in [1.807, 2.05) is 36.6 Å². The molecule has 0 aliphatic carbocycles. The molecule has 0 aliphatic rings. The lowest BCUT2D eigenvalue weighted by Gasteiger charge is -2.05. The molecule has 4 nitrogen and oxygen atoms in total. The standard InChI is InChI=1S/C19H11N2O2/c22-12-16-8-6-14(7-9-19(23)18-11-20-13-21-18)10-17(16)15-4-2-1-3-5-15/h1-6,8,10-11,13H,(H,20,21). The zero-order valence-corrected chi connectivity index (χ0v) is 12.0. The zero-order chi connectivity index (χ0) is 16.1. The van der Waals surface area contributed by atoms with Gasteiger partial charge in [-0.05, 0) is 35.2 Å². The fourth-order valence-electron chi connectivity index (χ4n) is 2.14. The summed E-state index contributed by atoms with van der Waals surface area (Å²) in [6.07, 6.45) is 4.85. The third kappa shape index (κ3) is 3.25. The van der Waals surface area contributed by atoms with Gasteiger partial charge in [-0.2, -0.15) is 0 Å². The van der Waals surface area contributed by atoms with Crippen LogP contribution < -0.4 is 0 Å². The topological polar surface area (TPSA) is 62.8 Å². The Kier molecular flexibility index (Phi) is 4.12. The van der Waals surface area contributed by atoms with Gasteiger partial charge >= 0.3 is 0 Å². The first-order chi connectivity index (χ1) is 11.3. The third-order valence-electron chi connectivity index (χ3n) is 3.27. The van der Waals surface area contributed by atoms with E-state index in [4.69, 9.17) is 0 Å². The van der Waals surface area contributed by atoms with E-state index >= 15 is 0 Å². The summed E-state index contributed by atoms with van der Waals surface area (Å²) < 4.78 is 0. The first-order valence-corrected chi connectivity index (χ1v) is 6.90. The van der Waals surface area contributed by atoms with Gasteiger partial charge in [0.1, 0.15) is 5.69 Å². The first-order valence-electron chi connectivity index (χ1n) is 6.90. The summed E-state index contributed by atoms with van der Waals surface area (Å²) in [5.74, 6) is 5.00. The molecule has 0 aliphatic heterocycles. The van der Waals surface area contributed by atoms with Crippen LogP contribution in [0, 0.1) is 11.8 Å². The molecular weight excluding hydrogens is 288 g/mol. The Hall–Kier alpha value is -3.45. The lowest BCUT2D eigenvalue weighted by molar-refractivity contribution is 0.105. The van der Waals surface area contributed by atoms with Crippen molar-refractivity contribution in [1.29, 1.82) is 0 Å². The Balaban J connectivity index is 1.96. The predicted octanol–water partition coefficient (Wildman–Crippen LogP) is 2.77. The van der Waals surface area contributed by atoms with Gasteiger partial charge in [-0.3, -0.25) is 9.59 Å². The second-order valence-electron chi connectivity index (χ2n) is 4.76. The second-order valence-corrected chi connectivity index (χ2v) is 4.76. The van der Waals surface area contributed by atoms with Crippen LogP contribution in [0.3, 0.4) is 0 Å². The Morgan fingerprint density at radius 1 is 1.09 bits per heavy atom. The van der Waals surface area contributed by atoms with Gasteiger partial charge in [0.2, 0.25) is 6.29 Å². The zero-order valence-electron chi connectivity index (χ0n) is 12.0. The minimum Gasteiger partial charge on any atom is -0.350 e. The summed E-state index contributed by atoms with van der Waals surface area (Å²) >= 11 is 0. The number of ketones is 1. The van der Waals surface area contributed by atoms with E-state index in [2.05, 4.69) is 21.8 Å². The molecule has 0 bridgehead atoms. The summed E-state index contributed by atoms with van der Waals surface area (Å²) in [4.78, 5) is 29.5. The van der Waals surface area contributed by atoms with E-state index in [1.54, 1.807) is 18.2 Å².